The van der Waals surface area contributed by atoms with E-state index in [1.165, 1.54) is 25.7 Å². The van der Waals surface area contributed by atoms with E-state index in [9.17, 15) is 0 Å². The molecule has 0 aromatic carbocycles. The second kappa shape index (κ2) is 7.01. The van der Waals surface area contributed by atoms with Gasteiger partial charge in [0.25, 0.3) is 0 Å². The third-order valence-electron chi connectivity index (χ3n) is 3.91. The molecule has 1 N–H and O–H groups in total. The molecule has 1 atom stereocenters. The highest BCUT2D eigenvalue weighted by Crippen LogP contribution is 2.26. The molecule has 1 aromatic rings. The summed E-state index contributed by atoms with van der Waals surface area (Å²) in [6.07, 6.45) is 7.18. The van der Waals surface area contributed by atoms with E-state index in [2.05, 4.69) is 29.2 Å². The summed E-state index contributed by atoms with van der Waals surface area (Å²) in [4.78, 5) is 4.29. The lowest BCUT2D eigenvalue weighted by Crippen LogP contribution is -2.31. The number of hydrogen-bond donors (Lipinski definition) is 1. The molecule has 0 amide bonds. The molecule has 0 aliphatic heterocycles. The van der Waals surface area contributed by atoms with Crippen molar-refractivity contribution in [1.29, 1.82) is 0 Å². The summed E-state index contributed by atoms with van der Waals surface area (Å²) < 4.78 is 7.44. The number of ether oxygens (including phenoxy) is 1. The molecule has 19 heavy (non-hydrogen) atoms. The van der Waals surface area contributed by atoms with Crippen molar-refractivity contribution >= 4 is 0 Å². The maximum Gasteiger partial charge on any atom is 0.167 e. The summed E-state index contributed by atoms with van der Waals surface area (Å²) in [6, 6.07) is 0.228. The van der Waals surface area contributed by atoms with Crippen LogP contribution in [-0.4, -0.2) is 34.0 Å². The summed E-state index contributed by atoms with van der Waals surface area (Å²) in [7, 11) is 1.90. The fraction of sp³-hybridized carbons (Fsp3) is 0.857. The molecular formula is C14H26N4O. The Morgan fingerprint density at radius 1 is 1.42 bits per heavy atom. The molecule has 1 aliphatic carbocycles. The molecule has 0 radical (unpaired) electrons. The van der Waals surface area contributed by atoms with E-state index in [1.54, 1.807) is 11.0 Å². The monoisotopic (exact) mass is 266 g/mol. The molecular weight excluding hydrogens is 240 g/mol. The third-order valence-corrected chi connectivity index (χ3v) is 3.91. The number of aryl methyl sites for hydroxylation is 1. The molecule has 0 bridgehead atoms. The lowest BCUT2D eigenvalue weighted by Gasteiger charge is -2.29. The van der Waals surface area contributed by atoms with Gasteiger partial charge >= 0.3 is 0 Å². The van der Waals surface area contributed by atoms with Crippen molar-refractivity contribution < 1.29 is 4.74 Å². The predicted octanol–water partition coefficient (Wildman–Crippen LogP) is 2.06. The smallest absolute Gasteiger partial charge is 0.167 e. The molecule has 108 valence electrons. The Balaban J connectivity index is 1.69. The second-order valence-corrected chi connectivity index (χ2v) is 5.50. The molecule has 0 spiro atoms. The average molecular weight is 266 g/mol. The van der Waals surface area contributed by atoms with E-state index < -0.39 is 0 Å². The molecule has 1 saturated carbocycles. The molecule has 1 aromatic heterocycles. The van der Waals surface area contributed by atoms with Gasteiger partial charge in [-0.15, -0.1) is 0 Å². The summed E-state index contributed by atoms with van der Waals surface area (Å²) in [5, 5.41) is 7.88. The Hall–Kier alpha value is -0.940. The highest BCUT2D eigenvalue weighted by molar-refractivity contribution is 4.90. The first-order valence-electron chi connectivity index (χ1n) is 7.39. The van der Waals surface area contributed by atoms with Crippen LogP contribution in [0.1, 0.15) is 51.4 Å². The Kier molecular flexibility index (Phi) is 5.34. The van der Waals surface area contributed by atoms with Crippen molar-refractivity contribution in [2.45, 2.75) is 51.7 Å². The number of aromatic nitrogens is 3. The Morgan fingerprint density at radius 2 is 2.16 bits per heavy atom. The van der Waals surface area contributed by atoms with Gasteiger partial charge in [-0.2, -0.15) is 5.10 Å². The minimum Gasteiger partial charge on any atom is -0.379 e. The minimum atomic E-state index is 0.228. The van der Waals surface area contributed by atoms with Crippen LogP contribution >= 0.6 is 0 Å². The van der Waals surface area contributed by atoms with E-state index in [0.29, 0.717) is 6.10 Å². The molecule has 0 unspecified atom stereocenters. The van der Waals surface area contributed by atoms with Crippen molar-refractivity contribution in [3.8, 4) is 0 Å². The number of rotatable bonds is 6. The summed E-state index contributed by atoms with van der Waals surface area (Å²) in [5.41, 5.74) is 0. The van der Waals surface area contributed by atoms with Gasteiger partial charge in [-0.05, 0) is 52.0 Å². The van der Waals surface area contributed by atoms with Gasteiger partial charge in [0.05, 0.1) is 12.1 Å². The van der Waals surface area contributed by atoms with Crippen LogP contribution in [0.3, 0.4) is 0 Å². The van der Waals surface area contributed by atoms with Gasteiger partial charge in [-0.3, -0.25) is 4.68 Å². The largest absolute Gasteiger partial charge is 0.379 e. The highest BCUT2D eigenvalue weighted by Gasteiger charge is 2.22. The standard InChI is InChI=1S/C14H26N4O/c1-4-19-13-7-5-12(6-8-13)9-15-11(2)14-16-10-18(3)17-14/h10-13,15H,4-9H2,1-3H3/t11-,12?,13?/m1/s1. The van der Waals surface area contributed by atoms with Crippen LogP contribution in [0.15, 0.2) is 6.33 Å². The molecule has 1 aliphatic rings. The van der Waals surface area contributed by atoms with E-state index in [0.717, 1.165) is 24.9 Å². The Morgan fingerprint density at radius 3 is 2.74 bits per heavy atom. The van der Waals surface area contributed by atoms with Gasteiger partial charge in [-0.1, -0.05) is 0 Å². The minimum absolute atomic E-state index is 0.228. The van der Waals surface area contributed by atoms with Gasteiger partial charge < -0.3 is 10.1 Å². The zero-order chi connectivity index (χ0) is 13.7. The maximum absolute atomic E-state index is 5.69. The molecule has 1 fully saturated rings. The summed E-state index contributed by atoms with van der Waals surface area (Å²) in [6.45, 7) is 6.10. The van der Waals surface area contributed by atoms with Crippen molar-refractivity contribution in [3.63, 3.8) is 0 Å². The first-order valence-corrected chi connectivity index (χ1v) is 7.39. The van der Waals surface area contributed by atoms with Crippen molar-refractivity contribution in [2.24, 2.45) is 13.0 Å². The van der Waals surface area contributed by atoms with Crippen LogP contribution in [-0.2, 0) is 11.8 Å². The van der Waals surface area contributed by atoms with Crippen LogP contribution < -0.4 is 5.32 Å². The van der Waals surface area contributed by atoms with E-state index in [4.69, 9.17) is 4.74 Å². The summed E-state index contributed by atoms with van der Waals surface area (Å²) >= 11 is 0. The Labute approximate surface area is 115 Å². The highest BCUT2D eigenvalue weighted by atomic mass is 16.5. The summed E-state index contributed by atoms with van der Waals surface area (Å²) in [5.74, 6) is 1.65. The topological polar surface area (TPSA) is 52.0 Å². The molecule has 0 saturated heterocycles. The fourth-order valence-electron chi connectivity index (χ4n) is 2.73. The van der Waals surface area contributed by atoms with Crippen LogP contribution in [0.25, 0.3) is 0 Å². The van der Waals surface area contributed by atoms with E-state index in [-0.39, 0.29) is 6.04 Å². The van der Waals surface area contributed by atoms with Crippen LogP contribution in [0.4, 0.5) is 0 Å². The first kappa shape index (κ1) is 14.5. The normalized spacial score (nSPS) is 25.4. The van der Waals surface area contributed by atoms with Gasteiger partial charge in [0.1, 0.15) is 6.33 Å². The van der Waals surface area contributed by atoms with Gasteiger partial charge in [0, 0.05) is 13.7 Å². The predicted molar refractivity (Wildman–Crippen MR) is 74.8 cm³/mol. The number of hydrogen-bond acceptors (Lipinski definition) is 4. The number of nitrogens with zero attached hydrogens (tertiary/aromatic N) is 3. The van der Waals surface area contributed by atoms with Crippen molar-refractivity contribution in [1.82, 2.24) is 20.1 Å². The maximum atomic E-state index is 5.69. The zero-order valence-corrected chi connectivity index (χ0v) is 12.3. The van der Waals surface area contributed by atoms with Crippen LogP contribution in [0.2, 0.25) is 0 Å². The molecule has 5 heteroatoms. The SMILES string of the molecule is CCOC1CCC(CN[C@H](C)c2ncn(C)n2)CC1. The van der Waals surface area contributed by atoms with Crippen LogP contribution in [0.5, 0.6) is 0 Å². The van der Waals surface area contributed by atoms with Crippen molar-refractivity contribution in [2.75, 3.05) is 13.2 Å². The zero-order valence-electron chi connectivity index (χ0n) is 12.3. The molecule has 5 nitrogen and oxygen atoms in total. The average Bonchev–Trinajstić information content (AvgIpc) is 2.85. The van der Waals surface area contributed by atoms with E-state index in [1.807, 2.05) is 7.05 Å². The first-order chi connectivity index (χ1) is 9.19. The van der Waals surface area contributed by atoms with Gasteiger partial charge in [0.15, 0.2) is 5.82 Å². The van der Waals surface area contributed by atoms with Crippen LogP contribution in [0, 0.1) is 5.92 Å². The lowest BCUT2D eigenvalue weighted by molar-refractivity contribution is 0.0255. The molecule has 1 heterocycles. The molecule has 2 rings (SSSR count). The quantitative estimate of drug-likeness (QED) is 0.856. The number of nitrogens with one attached hydrogen (secondary N) is 1. The van der Waals surface area contributed by atoms with E-state index >= 15 is 0 Å². The van der Waals surface area contributed by atoms with Crippen molar-refractivity contribution in [3.05, 3.63) is 12.2 Å². The second-order valence-electron chi connectivity index (χ2n) is 5.50. The fourth-order valence-corrected chi connectivity index (χ4v) is 2.73. The van der Waals surface area contributed by atoms with Gasteiger partial charge in [0.2, 0.25) is 0 Å². The Bertz CT molecular complexity index is 371. The third kappa shape index (κ3) is 4.28. The van der Waals surface area contributed by atoms with Gasteiger partial charge in [-0.25, -0.2) is 4.98 Å². The lowest BCUT2D eigenvalue weighted by atomic mass is 9.87.